The van der Waals surface area contributed by atoms with Gasteiger partial charge in [0.25, 0.3) is 5.91 Å². The van der Waals surface area contributed by atoms with Crippen LogP contribution in [0.25, 0.3) is 10.9 Å². The molecule has 2 aromatic carbocycles. The Morgan fingerprint density at radius 3 is 2.36 bits per heavy atom. The molecule has 0 atom stereocenters. The normalized spacial score (nSPS) is 10.5. The highest BCUT2D eigenvalue weighted by atomic mass is 16.5. The molecule has 0 spiro atoms. The van der Waals surface area contributed by atoms with Gasteiger partial charge < -0.3 is 15.0 Å². The van der Waals surface area contributed by atoms with Gasteiger partial charge in [0.1, 0.15) is 5.69 Å². The Morgan fingerprint density at radius 2 is 1.68 bits per heavy atom. The largest absolute Gasteiger partial charge is 0.450 e. The van der Waals surface area contributed by atoms with Crippen molar-refractivity contribution >= 4 is 34.3 Å². The molecule has 6 heteroatoms. The first-order valence-electron chi connectivity index (χ1n) is 7.99. The summed E-state index contributed by atoms with van der Waals surface area (Å²) in [6.07, 6.45) is -0.507. The highest BCUT2D eigenvalue weighted by Crippen LogP contribution is 2.19. The summed E-state index contributed by atoms with van der Waals surface area (Å²) in [4.78, 5) is 26.9. The van der Waals surface area contributed by atoms with E-state index in [1.807, 2.05) is 31.2 Å². The molecule has 0 saturated carbocycles. The zero-order chi connectivity index (χ0) is 17.8. The van der Waals surface area contributed by atoms with Crippen molar-refractivity contribution in [2.45, 2.75) is 13.8 Å². The fourth-order valence-electron chi connectivity index (χ4n) is 2.48. The molecular formula is C19H19N3O3. The lowest BCUT2D eigenvalue weighted by Crippen LogP contribution is -2.14. The van der Waals surface area contributed by atoms with Crippen molar-refractivity contribution in [1.29, 1.82) is 0 Å². The monoisotopic (exact) mass is 337 g/mol. The zero-order valence-corrected chi connectivity index (χ0v) is 14.1. The van der Waals surface area contributed by atoms with Gasteiger partial charge >= 0.3 is 6.09 Å². The number of nitrogens with one attached hydrogen (secondary N) is 3. The highest BCUT2D eigenvalue weighted by molar-refractivity contribution is 6.06. The Bertz CT molecular complexity index is 913. The SMILES string of the molecule is CCOC(=O)Nc1ccc(NC(=O)c2cc3ccc(C)cc3[nH]2)cc1. The summed E-state index contributed by atoms with van der Waals surface area (Å²) in [5.41, 5.74) is 3.78. The maximum atomic E-state index is 12.4. The summed E-state index contributed by atoms with van der Waals surface area (Å²) >= 11 is 0. The van der Waals surface area contributed by atoms with E-state index in [1.165, 1.54) is 0 Å². The van der Waals surface area contributed by atoms with Gasteiger partial charge in [-0.2, -0.15) is 0 Å². The van der Waals surface area contributed by atoms with Crippen LogP contribution in [0.15, 0.2) is 48.5 Å². The number of hydrogen-bond acceptors (Lipinski definition) is 3. The minimum Gasteiger partial charge on any atom is -0.450 e. The third-order valence-corrected chi connectivity index (χ3v) is 3.69. The van der Waals surface area contributed by atoms with Crippen molar-refractivity contribution < 1.29 is 14.3 Å². The minimum absolute atomic E-state index is 0.222. The van der Waals surface area contributed by atoms with Gasteiger partial charge in [-0.25, -0.2) is 4.79 Å². The number of benzene rings is 2. The minimum atomic E-state index is -0.507. The number of carbonyl (C=O) groups is 2. The molecule has 0 aliphatic heterocycles. The first-order chi connectivity index (χ1) is 12.0. The van der Waals surface area contributed by atoms with Crippen LogP contribution in [-0.2, 0) is 4.74 Å². The van der Waals surface area contributed by atoms with Gasteiger partial charge in [0.2, 0.25) is 0 Å². The molecule has 0 bridgehead atoms. The van der Waals surface area contributed by atoms with Gasteiger partial charge in [-0.3, -0.25) is 10.1 Å². The van der Waals surface area contributed by atoms with E-state index >= 15 is 0 Å². The van der Waals surface area contributed by atoms with Crippen molar-refractivity contribution in [3.05, 3.63) is 59.8 Å². The molecule has 6 nitrogen and oxygen atoms in total. The Morgan fingerprint density at radius 1 is 1.00 bits per heavy atom. The number of aryl methyl sites for hydroxylation is 1. The number of ether oxygens (including phenoxy) is 1. The number of aromatic amines is 1. The van der Waals surface area contributed by atoms with E-state index < -0.39 is 6.09 Å². The molecule has 0 radical (unpaired) electrons. The fraction of sp³-hybridized carbons (Fsp3) is 0.158. The van der Waals surface area contributed by atoms with Gasteiger partial charge in [0, 0.05) is 22.3 Å². The molecule has 0 fully saturated rings. The molecule has 0 aliphatic carbocycles. The maximum Gasteiger partial charge on any atom is 0.411 e. The average molecular weight is 337 g/mol. The number of H-pyrrole nitrogens is 1. The van der Waals surface area contributed by atoms with Crippen molar-refractivity contribution in [2.24, 2.45) is 0 Å². The van der Waals surface area contributed by atoms with Crippen LogP contribution in [0.1, 0.15) is 23.0 Å². The number of fused-ring (bicyclic) bond motifs is 1. The predicted molar refractivity (Wildman–Crippen MR) is 98.1 cm³/mol. The second-order valence-electron chi connectivity index (χ2n) is 5.65. The molecule has 128 valence electrons. The molecule has 3 aromatic rings. The number of carbonyl (C=O) groups excluding carboxylic acids is 2. The highest BCUT2D eigenvalue weighted by Gasteiger charge is 2.10. The maximum absolute atomic E-state index is 12.4. The summed E-state index contributed by atoms with van der Waals surface area (Å²) < 4.78 is 4.81. The van der Waals surface area contributed by atoms with Crippen molar-refractivity contribution in [2.75, 3.05) is 17.2 Å². The Hall–Kier alpha value is -3.28. The summed E-state index contributed by atoms with van der Waals surface area (Å²) in [5, 5.41) is 6.41. The number of rotatable bonds is 4. The van der Waals surface area contributed by atoms with E-state index in [9.17, 15) is 9.59 Å². The summed E-state index contributed by atoms with van der Waals surface area (Å²) in [6.45, 7) is 4.06. The van der Waals surface area contributed by atoms with Crippen LogP contribution in [0, 0.1) is 6.92 Å². The van der Waals surface area contributed by atoms with Crippen LogP contribution in [0.5, 0.6) is 0 Å². The smallest absolute Gasteiger partial charge is 0.411 e. The second kappa shape index (κ2) is 7.09. The van der Waals surface area contributed by atoms with E-state index in [1.54, 1.807) is 31.2 Å². The third kappa shape index (κ3) is 3.98. The summed E-state index contributed by atoms with van der Waals surface area (Å²) in [6, 6.07) is 14.6. The Kier molecular flexibility index (Phi) is 4.70. The summed E-state index contributed by atoms with van der Waals surface area (Å²) in [5.74, 6) is -0.222. The topological polar surface area (TPSA) is 83.2 Å². The first-order valence-corrected chi connectivity index (χ1v) is 7.99. The van der Waals surface area contributed by atoms with E-state index in [2.05, 4.69) is 15.6 Å². The fourth-order valence-corrected chi connectivity index (χ4v) is 2.48. The number of aromatic nitrogens is 1. The van der Waals surface area contributed by atoms with Crippen LogP contribution in [-0.4, -0.2) is 23.6 Å². The molecule has 25 heavy (non-hydrogen) atoms. The van der Waals surface area contributed by atoms with Gasteiger partial charge in [-0.1, -0.05) is 12.1 Å². The van der Waals surface area contributed by atoms with Crippen molar-refractivity contribution in [3.8, 4) is 0 Å². The van der Waals surface area contributed by atoms with Crippen molar-refractivity contribution in [3.63, 3.8) is 0 Å². The molecule has 3 rings (SSSR count). The van der Waals surface area contributed by atoms with Crippen LogP contribution in [0.3, 0.4) is 0 Å². The van der Waals surface area contributed by atoms with Gasteiger partial charge in [-0.05, 0) is 55.8 Å². The Labute approximate surface area is 145 Å². The molecular weight excluding hydrogens is 318 g/mol. The van der Waals surface area contributed by atoms with Gasteiger partial charge in [0.15, 0.2) is 0 Å². The van der Waals surface area contributed by atoms with Crippen LogP contribution in [0.4, 0.5) is 16.2 Å². The average Bonchev–Trinajstić information content (AvgIpc) is 3.00. The lowest BCUT2D eigenvalue weighted by molar-refractivity contribution is 0.102. The van der Waals surface area contributed by atoms with Crippen LogP contribution >= 0.6 is 0 Å². The van der Waals surface area contributed by atoms with E-state index in [0.29, 0.717) is 23.7 Å². The Balaban J connectivity index is 1.68. The molecule has 2 amide bonds. The quantitative estimate of drug-likeness (QED) is 0.664. The first kappa shape index (κ1) is 16.6. The number of anilines is 2. The van der Waals surface area contributed by atoms with E-state index in [4.69, 9.17) is 4.74 Å². The molecule has 0 aliphatic rings. The lowest BCUT2D eigenvalue weighted by Gasteiger charge is -2.07. The lowest BCUT2D eigenvalue weighted by atomic mass is 10.2. The zero-order valence-electron chi connectivity index (χ0n) is 14.1. The van der Waals surface area contributed by atoms with Crippen molar-refractivity contribution in [1.82, 2.24) is 4.98 Å². The second-order valence-corrected chi connectivity index (χ2v) is 5.65. The standard InChI is InChI=1S/C19H19N3O3/c1-3-25-19(24)21-15-8-6-14(7-9-15)20-18(23)17-11-13-5-4-12(2)10-16(13)22-17/h4-11,22H,3H2,1-2H3,(H,20,23)(H,21,24). The van der Waals surface area contributed by atoms with Gasteiger partial charge in [-0.15, -0.1) is 0 Å². The number of amides is 2. The molecule has 1 heterocycles. The predicted octanol–water partition coefficient (Wildman–Crippen LogP) is 4.30. The molecule has 0 saturated heterocycles. The van der Waals surface area contributed by atoms with Crippen LogP contribution in [0.2, 0.25) is 0 Å². The van der Waals surface area contributed by atoms with E-state index in [0.717, 1.165) is 16.5 Å². The van der Waals surface area contributed by atoms with E-state index in [-0.39, 0.29) is 5.91 Å². The van der Waals surface area contributed by atoms with Crippen LogP contribution < -0.4 is 10.6 Å². The molecule has 0 unspecified atom stereocenters. The third-order valence-electron chi connectivity index (χ3n) is 3.69. The summed E-state index contributed by atoms with van der Waals surface area (Å²) in [7, 11) is 0. The molecule has 3 N–H and O–H groups in total. The van der Waals surface area contributed by atoms with Gasteiger partial charge in [0.05, 0.1) is 6.61 Å². The number of hydrogen-bond donors (Lipinski definition) is 3. The molecule has 1 aromatic heterocycles.